The van der Waals surface area contributed by atoms with E-state index in [1.165, 1.54) is 31.4 Å². The molecule has 1 saturated carbocycles. The maximum atomic E-state index is 6.41. The Labute approximate surface area is 122 Å². The molecular weight excluding hydrogens is 248 g/mol. The van der Waals surface area contributed by atoms with Crippen molar-refractivity contribution in [1.82, 2.24) is 4.90 Å². The third-order valence-electron chi connectivity index (χ3n) is 4.43. The molecule has 1 heterocycles. The van der Waals surface area contributed by atoms with Crippen LogP contribution in [0.4, 0.5) is 0 Å². The van der Waals surface area contributed by atoms with Crippen LogP contribution < -0.4 is 10.5 Å². The second-order valence-electron chi connectivity index (χ2n) is 6.14. The molecule has 3 rings (SSSR count). The van der Waals surface area contributed by atoms with Gasteiger partial charge in [0, 0.05) is 12.1 Å². The van der Waals surface area contributed by atoms with Crippen molar-refractivity contribution < 1.29 is 4.74 Å². The van der Waals surface area contributed by atoms with E-state index in [1.807, 2.05) is 0 Å². The number of nitrogens with two attached hydrogens (primary N) is 1. The molecule has 0 radical (unpaired) electrons. The molecule has 2 unspecified atom stereocenters. The van der Waals surface area contributed by atoms with Crippen LogP contribution in [0.5, 0.6) is 5.75 Å². The molecule has 20 heavy (non-hydrogen) atoms. The van der Waals surface area contributed by atoms with Crippen molar-refractivity contribution in [3.8, 4) is 5.75 Å². The van der Waals surface area contributed by atoms with Crippen LogP contribution >= 0.6 is 0 Å². The number of nitrogens with zero attached hydrogens (tertiary/aromatic N) is 1. The number of benzene rings is 1. The summed E-state index contributed by atoms with van der Waals surface area (Å²) in [5.41, 5.74) is 7.77. The normalized spacial score (nSPS) is 27.5. The van der Waals surface area contributed by atoms with Gasteiger partial charge in [-0.2, -0.15) is 0 Å². The summed E-state index contributed by atoms with van der Waals surface area (Å²) in [6, 6.07) is 10.0. The van der Waals surface area contributed by atoms with Crippen LogP contribution in [0.25, 0.3) is 0 Å². The van der Waals surface area contributed by atoms with Gasteiger partial charge in [-0.3, -0.25) is 4.90 Å². The Kier molecular flexibility index (Phi) is 4.27. The maximum Gasteiger partial charge on any atom is 0.119 e. The summed E-state index contributed by atoms with van der Waals surface area (Å²) in [7, 11) is 0. The van der Waals surface area contributed by atoms with Crippen LogP contribution in [-0.2, 0) is 0 Å². The van der Waals surface area contributed by atoms with Gasteiger partial charge in [0.1, 0.15) is 5.75 Å². The minimum atomic E-state index is 0.270. The standard InChI is InChI=1S/C17H26N2O/c1-2-12-20-15-9-5-13(6-10-15)17-16(18)4-3-11-19(17)14-7-8-14/h5-6,9-10,14,16-17H,2-4,7-8,11-12,18H2,1H3. The lowest BCUT2D eigenvalue weighted by Crippen LogP contribution is -2.46. The smallest absolute Gasteiger partial charge is 0.119 e. The number of ether oxygens (including phenoxy) is 1. The zero-order valence-corrected chi connectivity index (χ0v) is 12.4. The van der Waals surface area contributed by atoms with Gasteiger partial charge in [-0.25, -0.2) is 0 Å². The highest BCUT2D eigenvalue weighted by molar-refractivity contribution is 5.30. The average Bonchev–Trinajstić information content (AvgIpc) is 3.30. The van der Waals surface area contributed by atoms with Crippen molar-refractivity contribution in [3.05, 3.63) is 29.8 Å². The van der Waals surface area contributed by atoms with Crippen LogP contribution in [-0.4, -0.2) is 30.1 Å². The molecule has 1 saturated heterocycles. The first-order chi connectivity index (χ1) is 9.79. The highest BCUT2D eigenvalue weighted by Crippen LogP contribution is 2.39. The van der Waals surface area contributed by atoms with Crippen molar-refractivity contribution in [1.29, 1.82) is 0 Å². The Morgan fingerprint density at radius 2 is 1.95 bits per heavy atom. The van der Waals surface area contributed by atoms with Gasteiger partial charge >= 0.3 is 0 Å². The van der Waals surface area contributed by atoms with Crippen LogP contribution in [0.3, 0.4) is 0 Å². The topological polar surface area (TPSA) is 38.5 Å². The molecule has 1 aliphatic carbocycles. The van der Waals surface area contributed by atoms with Crippen molar-refractivity contribution in [2.45, 2.75) is 57.2 Å². The first kappa shape index (κ1) is 13.9. The van der Waals surface area contributed by atoms with Gasteiger partial charge in [0.2, 0.25) is 0 Å². The Hall–Kier alpha value is -1.06. The maximum absolute atomic E-state index is 6.41. The lowest BCUT2D eigenvalue weighted by Gasteiger charge is -2.40. The van der Waals surface area contributed by atoms with Crippen molar-refractivity contribution in [2.75, 3.05) is 13.2 Å². The molecule has 2 aliphatic rings. The van der Waals surface area contributed by atoms with E-state index >= 15 is 0 Å². The summed E-state index contributed by atoms with van der Waals surface area (Å²) in [5, 5.41) is 0. The Balaban J connectivity index is 1.74. The molecule has 3 nitrogen and oxygen atoms in total. The van der Waals surface area contributed by atoms with Crippen LogP contribution in [0.15, 0.2) is 24.3 Å². The van der Waals surface area contributed by atoms with Crippen LogP contribution in [0, 0.1) is 0 Å². The number of hydrogen-bond acceptors (Lipinski definition) is 3. The first-order valence-corrected chi connectivity index (χ1v) is 8.03. The van der Waals surface area contributed by atoms with E-state index in [0.29, 0.717) is 6.04 Å². The van der Waals surface area contributed by atoms with E-state index in [0.717, 1.165) is 31.2 Å². The van der Waals surface area contributed by atoms with E-state index in [2.05, 4.69) is 36.1 Å². The fraction of sp³-hybridized carbons (Fsp3) is 0.647. The number of hydrogen-bond donors (Lipinski definition) is 1. The zero-order chi connectivity index (χ0) is 13.9. The monoisotopic (exact) mass is 274 g/mol. The molecule has 2 N–H and O–H groups in total. The molecule has 0 aromatic heterocycles. The van der Waals surface area contributed by atoms with Gasteiger partial charge in [-0.15, -0.1) is 0 Å². The molecule has 2 fully saturated rings. The highest BCUT2D eigenvalue weighted by Gasteiger charge is 2.39. The largest absolute Gasteiger partial charge is 0.494 e. The highest BCUT2D eigenvalue weighted by atomic mass is 16.5. The molecule has 0 spiro atoms. The molecule has 0 bridgehead atoms. The van der Waals surface area contributed by atoms with E-state index < -0.39 is 0 Å². The fourth-order valence-electron chi connectivity index (χ4n) is 3.29. The van der Waals surface area contributed by atoms with Gasteiger partial charge in [-0.1, -0.05) is 19.1 Å². The Morgan fingerprint density at radius 3 is 2.60 bits per heavy atom. The van der Waals surface area contributed by atoms with Crippen LogP contribution in [0.2, 0.25) is 0 Å². The summed E-state index contributed by atoms with van der Waals surface area (Å²) >= 11 is 0. The minimum absolute atomic E-state index is 0.270. The summed E-state index contributed by atoms with van der Waals surface area (Å²) < 4.78 is 5.67. The molecule has 110 valence electrons. The Morgan fingerprint density at radius 1 is 1.20 bits per heavy atom. The predicted octanol–water partition coefficient (Wildman–Crippen LogP) is 3.10. The summed E-state index contributed by atoms with van der Waals surface area (Å²) in [4.78, 5) is 2.63. The molecule has 1 aromatic carbocycles. The molecular formula is C17H26N2O. The molecule has 0 amide bonds. The summed E-state index contributed by atoms with van der Waals surface area (Å²) in [5.74, 6) is 0.970. The van der Waals surface area contributed by atoms with Gasteiger partial charge in [0.05, 0.1) is 12.6 Å². The van der Waals surface area contributed by atoms with Crippen molar-refractivity contribution in [3.63, 3.8) is 0 Å². The zero-order valence-electron chi connectivity index (χ0n) is 12.4. The van der Waals surface area contributed by atoms with Gasteiger partial charge in [0.15, 0.2) is 0 Å². The van der Waals surface area contributed by atoms with Gasteiger partial charge in [-0.05, 0) is 56.3 Å². The average molecular weight is 274 g/mol. The van der Waals surface area contributed by atoms with E-state index in [1.54, 1.807) is 0 Å². The van der Waals surface area contributed by atoms with Gasteiger partial charge < -0.3 is 10.5 Å². The summed E-state index contributed by atoms with van der Waals surface area (Å²) in [6.45, 7) is 4.12. The lowest BCUT2D eigenvalue weighted by atomic mass is 9.90. The predicted molar refractivity (Wildman–Crippen MR) is 81.9 cm³/mol. The second-order valence-corrected chi connectivity index (χ2v) is 6.14. The number of rotatable bonds is 5. The molecule has 2 atom stereocenters. The third-order valence-corrected chi connectivity index (χ3v) is 4.43. The number of likely N-dealkylation sites (tertiary alicyclic amines) is 1. The molecule has 1 aromatic rings. The SMILES string of the molecule is CCCOc1ccc(C2C(N)CCCN2C2CC2)cc1. The quantitative estimate of drug-likeness (QED) is 0.896. The van der Waals surface area contributed by atoms with Crippen molar-refractivity contribution in [2.24, 2.45) is 5.73 Å². The molecule has 3 heteroatoms. The van der Waals surface area contributed by atoms with E-state index in [-0.39, 0.29) is 6.04 Å². The minimum Gasteiger partial charge on any atom is -0.494 e. The fourth-order valence-corrected chi connectivity index (χ4v) is 3.29. The van der Waals surface area contributed by atoms with Crippen LogP contribution in [0.1, 0.15) is 50.6 Å². The Bertz CT molecular complexity index is 427. The number of piperidine rings is 1. The van der Waals surface area contributed by atoms with E-state index in [9.17, 15) is 0 Å². The lowest BCUT2D eigenvalue weighted by molar-refractivity contribution is 0.120. The third kappa shape index (κ3) is 2.99. The van der Waals surface area contributed by atoms with Gasteiger partial charge in [0.25, 0.3) is 0 Å². The molecule has 1 aliphatic heterocycles. The first-order valence-electron chi connectivity index (χ1n) is 8.03. The van der Waals surface area contributed by atoms with E-state index in [4.69, 9.17) is 10.5 Å². The van der Waals surface area contributed by atoms with Crippen molar-refractivity contribution >= 4 is 0 Å². The summed E-state index contributed by atoms with van der Waals surface area (Å²) in [6.07, 6.45) is 6.13. The second kappa shape index (κ2) is 6.15.